The number of hydrogen-bond acceptors (Lipinski definition) is 3. The molecule has 0 saturated carbocycles. The zero-order valence-electron chi connectivity index (χ0n) is 10.2. The van der Waals surface area contributed by atoms with Gasteiger partial charge in [0.15, 0.2) is 5.78 Å². The lowest BCUT2D eigenvalue weighted by molar-refractivity contribution is 0.0968. The van der Waals surface area contributed by atoms with Crippen LogP contribution in [0.3, 0.4) is 0 Å². The average Bonchev–Trinajstić information content (AvgIpc) is 2.40. The van der Waals surface area contributed by atoms with E-state index in [0.29, 0.717) is 11.3 Å². The van der Waals surface area contributed by atoms with E-state index in [2.05, 4.69) is 0 Å². The Morgan fingerprint density at radius 2 is 1.56 bits per heavy atom. The molecule has 0 aliphatic carbocycles. The van der Waals surface area contributed by atoms with E-state index in [-0.39, 0.29) is 5.78 Å². The van der Waals surface area contributed by atoms with E-state index in [9.17, 15) is 4.79 Å². The summed E-state index contributed by atoms with van der Waals surface area (Å²) in [5, 5.41) is 0. The molecular formula is C15H15NO2. The third-order valence-corrected chi connectivity index (χ3v) is 2.53. The number of benzene rings is 2. The molecule has 0 saturated heterocycles. The summed E-state index contributed by atoms with van der Waals surface area (Å²) in [6.07, 6.45) is 0. The van der Waals surface area contributed by atoms with Crippen LogP contribution in [0.2, 0.25) is 0 Å². The van der Waals surface area contributed by atoms with Gasteiger partial charge in [0.05, 0.1) is 6.04 Å². The SMILES string of the molecule is CC(N)C(=O)c1ccc(Oc2ccccc2)cc1. The van der Waals surface area contributed by atoms with Crippen LogP contribution in [0, 0.1) is 0 Å². The summed E-state index contributed by atoms with van der Waals surface area (Å²) < 4.78 is 5.63. The topological polar surface area (TPSA) is 52.3 Å². The van der Waals surface area contributed by atoms with Crippen LogP contribution < -0.4 is 10.5 Å². The van der Waals surface area contributed by atoms with Crippen molar-refractivity contribution in [3.63, 3.8) is 0 Å². The summed E-state index contributed by atoms with van der Waals surface area (Å²) in [5.74, 6) is 1.40. The predicted octanol–water partition coefficient (Wildman–Crippen LogP) is 3.01. The minimum absolute atomic E-state index is 0.0683. The highest BCUT2D eigenvalue weighted by atomic mass is 16.5. The number of ketones is 1. The molecule has 2 aromatic carbocycles. The van der Waals surface area contributed by atoms with Crippen molar-refractivity contribution < 1.29 is 9.53 Å². The molecule has 3 nitrogen and oxygen atoms in total. The van der Waals surface area contributed by atoms with Crippen molar-refractivity contribution in [2.24, 2.45) is 5.73 Å². The Hall–Kier alpha value is -2.13. The zero-order valence-corrected chi connectivity index (χ0v) is 10.2. The van der Waals surface area contributed by atoms with E-state index in [0.717, 1.165) is 5.75 Å². The maximum atomic E-state index is 11.6. The van der Waals surface area contributed by atoms with E-state index in [1.807, 2.05) is 30.3 Å². The van der Waals surface area contributed by atoms with Gasteiger partial charge in [0.1, 0.15) is 11.5 Å². The molecule has 0 radical (unpaired) electrons. The van der Waals surface area contributed by atoms with Crippen molar-refractivity contribution in [2.45, 2.75) is 13.0 Å². The minimum atomic E-state index is -0.481. The first-order chi connectivity index (χ1) is 8.66. The van der Waals surface area contributed by atoms with Crippen molar-refractivity contribution >= 4 is 5.78 Å². The van der Waals surface area contributed by atoms with Crippen LogP contribution >= 0.6 is 0 Å². The number of para-hydroxylation sites is 1. The lowest BCUT2D eigenvalue weighted by atomic mass is 10.1. The largest absolute Gasteiger partial charge is 0.457 e. The fourth-order valence-corrected chi connectivity index (χ4v) is 1.57. The molecule has 18 heavy (non-hydrogen) atoms. The molecule has 0 amide bonds. The van der Waals surface area contributed by atoms with Gasteiger partial charge in [-0.2, -0.15) is 0 Å². The third-order valence-electron chi connectivity index (χ3n) is 2.53. The van der Waals surface area contributed by atoms with Gasteiger partial charge in [-0.3, -0.25) is 4.79 Å². The second kappa shape index (κ2) is 5.47. The Morgan fingerprint density at radius 3 is 2.11 bits per heavy atom. The number of hydrogen-bond donors (Lipinski definition) is 1. The van der Waals surface area contributed by atoms with Crippen LogP contribution in [-0.2, 0) is 0 Å². The standard InChI is InChI=1S/C15H15NO2/c1-11(16)15(17)12-7-9-14(10-8-12)18-13-5-3-2-4-6-13/h2-11H,16H2,1H3. The second-order valence-corrected chi connectivity index (χ2v) is 4.09. The van der Waals surface area contributed by atoms with E-state index in [1.165, 1.54) is 0 Å². The molecule has 1 unspecified atom stereocenters. The highest BCUT2D eigenvalue weighted by molar-refractivity contribution is 5.99. The Morgan fingerprint density at radius 1 is 1.00 bits per heavy atom. The van der Waals surface area contributed by atoms with Crippen molar-refractivity contribution in [3.8, 4) is 11.5 Å². The van der Waals surface area contributed by atoms with Gasteiger partial charge >= 0.3 is 0 Å². The fraction of sp³-hybridized carbons (Fsp3) is 0.133. The molecule has 3 heteroatoms. The number of carbonyl (C=O) groups is 1. The molecule has 1 atom stereocenters. The number of ether oxygens (including phenoxy) is 1. The van der Waals surface area contributed by atoms with Crippen molar-refractivity contribution in [1.29, 1.82) is 0 Å². The van der Waals surface area contributed by atoms with Crippen molar-refractivity contribution in [3.05, 3.63) is 60.2 Å². The summed E-state index contributed by atoms with van der Waals surface area (Å²) in [4.78, 5) is 11.6. The van der Waals surface area contributed by atoms with Gasteiger partial charge in [-0.05, 0) is 43.3 Å². The van der Waals surface area contributed by atoms with E-state index in [1.54, 1.807) is 31.2 Å². The molecule has 2 N–H and O–H groups in total. The number of rotatable bonds is 4. The van der Waals surface area contributed by atoms with Crippen LogP contribution in [0.1, 0.15) is 17.3 Å². The molecule has 0 bridgehead atoms. The van der Waals surface area contributed by atoms with Gasteiger partial charge in [0.25, 0.3) is 0 Å². The summed E-state index contributed by atoms with van der Waals surface area (Å²) >= 11 is 0. The zero-order chi connectivity index (χ0) is 13.0. The monoisotopic (exact) mass is 241 g/mol. The first kappa shape index (κ1) is 12.3. The quantitative estimate of drug-likeness (QED) is 0.837. The first-order valence-corrected chi connectivity index (χ1v) is 5.79. The summed E-state index contributed by atoms with van der Waals surface area (Å²) in [6, 6.07) is 16.0. The summed E-state index contributed by atoms with van der Waals surface area (Å²) in [6.45, 7) is 1.68. The average molecular weight is 241 g/mol. The molecule has 0 aromatic heterocycles. The minimum Gasteiger partial charge on any atom is -0.457 e. The maximum absolute atomic E-state index is 11.6. The van der Waals surface area contributed by atoms with Crippen LogP contribution in [0.25, 0.3) is 0 Å². The third kappa shape index (κ3) is 2.96. The van der Waals surface area contributed by atoms with E-state index < -0.39 is 6.04 Å². The predicted molar refractivity (Wildman–Crippen MR) is 70.9 cm³/mol. The van der Waals surface area contributed by atoms with Gasteiger partial charge in [-0.15, -0.1) is 0 Å². The van der Waals surface area contributed by atoms with Gasteiger partial charge in [0.2, 0.25) is 0 Å². The molecule has 2 rings (SSSR count). The molecule has 92 valence electrons. The van der Waals surface area contributed by atoms with Gasteiger partial charge < -0.3 is 10.5 Å². The highest BCUT2D eigenvalue weighted by Crippen LogP contribution is 2.21. The van der Waals surface area contributed by atoms with Crippen LogP contribution in [0.5, 0.6) is 11.5 Å². The smallest absolute Gasteiger partial charge is 0.179 e. The molecule has 0 spiro atoms. The van der Waals surface area contributed by atoms with Crippen LogP contribution in [0.4, 0.5) is 0 Å². The molecule has 2 aromatic rings. The van der Waals surface area contributed by atoms with E-state index >= 15 is 0 Å². The van der Waals surface area contributed by atoms with Crippen molar-refractivity contribution in [2.75, 3.05) is 0 Å². The molecule has 0 aliphatic rings. The van der Waals surface area contributed by atoms with Crippen LogP contribution in [-0.4, -0.2) is 11.8 Å². The summed E-state index contributed by atoms with van der Waals surface area (Å²) in [5.41, 5.74) is 6.15. The van der Waals surface area contributed by atoms with E-state index in [4.69, 9.17) is 10.5 Å². The van der Waals surface area contributed by atoms with Gasteiger partial charge in [-0.1, -0.05) is 18.2 Å². The Bertz CT molecular complexity index is 518. The first-order valence-electron chi connectivity index (χ1n) is 5.79. The highest BCUT2D eigenvalue weighted by Gasteiger charge is 2.10. The number of carbonyl (C=O) groups excluding carboxylic acids is 1. The second-order valence-electron chi connectivity index (χ2n) is 4.09. The molecular weight excluding hydrogens is 226 g/mol. The van der Waals surface area contributed by atoms with Gasteiger partial charge in [-0.25, -0.2) is 0 Å². The molecule has 0 heterocycles. The van der Waals surface area contributed by atoms with Gasteiger partial charge in [0, 0.05) is 5.56 Å². The molecule has 0 fully saturated rings. The lowest BCUT2D eigenvalue weighted by Crippen LogP contribution is -2.26. The maximum Gasteiger partial charge on any atom is 0.179 e. The number of nitrogens with two attached hydrogens (primary N) is 1. The Labute approximate surface area is 106 Å². The van der Waals surface area contributed by atoms with Crippen molar-refractivity contribution in [1.82, 2.24) is 0 Å². The Kier molecular flexibility index (Phi) is 3.75. The molecule has 0 aliphatic heterocycles. The Balaban J connectivity index is 2.11. The number of Topliss-reactive ketones (excluding diaryl/α,β-unsaturated/α-hetero) is 1. The normalized spacial score (nSPS) is 11.9. The fourth-order valence-electron chi connectivity index (χ4n) is 1.57. The summed E-state index contributed by atoms with van der Waals surface area (Å²) in [7, 11) is 0. The lowest BCUT2D eigenvalue weighted by Gasteiger charge is -2.07. The van der Waals surface area contributed by atoms with Crippen LogP contribution in [0.15, 0.2) is 54.6 Å².